The number of hydrogen-bond donors (Lipinski definition) is 1. The Hall–Kier alpha value is -0.290. The van der Waals surface area contributed by atoms with Crippen LogP contribution in [0.15, 0.2) is 23.3 Å². The lowest BCUT2D eigenvalue weighted by Gasteiger charge is -2.79. The molecule has 2 N–H and O–H groups in total. The fraction of sp³-hybridized carbons (Fsp3) is 0.889. The molecule has 0 aromatic heterocycles. The fourth-order valence-corrected chi connectivity index (χ4v) is 14.0. The molecule has 1 spiro atoms. The predicted octanol–water partition coefficient (Wildman–Crippen LogP) is 8.04. The number of allylic oxidation sites excluding steroid dienone is 3. The molecule has 2 heterocycles. The minimum absolute atomic E-state index is 0.0403. The molecule has 3 nitrogen and oxygen atoms in total. The van der Waals surface area contributed by atoms with E-state index in [4.69, 9.17) is 15.2 Å². The second-order valence-electron chi connectivity index (χ2n) is 17.1. The zero-order valence-corrected chi connectivity index (χ0v) is 27.8. The van der Waals surface area contributed by atoms with Gasteiger partial charge in [0.25, 0.3) is 0 Å². The summed E-state index contributed by atoms with van der Waals surface area (Å²) in [5, 5.41) is 0. The van der Waals surface area contributed by atoms with Gasteiger partial charge in [-0.25, -0.2) is 0 Å². The van der Waals surface area contributed by atoms with E-state index in [2.05, 4.69) is 86.2 Å². The van der Waals surface area contributed by atoms with Crippen LogP contribution in [0.25, 0.3) is 0 Å². The third kappa shape index (κ3) is 3.17. The molecule has 3 saturated carbocycles. The maximum atomic E-state index is 6.81. The van der Waals surface area contributed by atoms with Crippen molar-refractivity contribution in [2.24, 2.45) is 62.9 Å². The first kappa shape index (κ1) is 28.5. The molecular weight excluding hydrogens is 510 g/mol. The lowest BCUT2D eigenvalue weighted by atomic mass is 9.25. The van der Waals surface area contributed by atoms with Gasteiger partial charge in [-0.05, 0) is 98.7 Å². The van der Waals surface area contributed by atoms with Crippen LogP contribution in [0.3, 0.4) is 0 Å². The number of nitrogens with two attached hydrogens (primary N) is 1. The first-order valence-corrected chi connectivity index (χ1v) is 17.8. The highest BCUT2D eigenvalue weighted by Gasteiger charge is 2.77. The Kier molecular flexibility index (Phi) is 6.17. The minimum atomic E-state index is -0.301. The highest BCUT2D eigenvalue weighted by atomic mass is 32.2. The van der Waals surface area contributed by atoms with Crippen LogP contribution in [0.2, 0.25) is 0 Å². The van der Waals surface area contributed by atoms with Gasteiger partial charge < -0.3 is 15.2 Å². The van der Waals surface area contributed by atoms with Crippen LogP contribution >= 0.6 is 11.8 Å². The molecule has 2 bridgehead atoms. The van der Waals surface area contributed by atoms with Gasteiger partial charge in [0.15, 0.2) is 0 Å². The van der Waals surface area contributed by atoms with E-state index in [9.17, 15) is 0 Å². The van der Waals surface area contributed by atoms with E-state index in [1.807, 2.05) is 5.57 Å². The first-order chi connectivity index (χ1) is 18.7. The predicted molar refractivity (Wildman–Crippen MR) is 167 cm³/mol. The Bertz CT molecular complexity index is 1140. The summed E-state index contributed by atoms with van der Waals surface area (Å²) in [6.45, 7) is 23.2. The van der Waals surface area contributed by atoms with Crippen LogP contribution in [0.1, 0.15) is 101 Å². The number of rotatable bonds is 6. The maximum Gasteiger partial charge on any atom is 0.0745 e. The highest BCUT2D eigenvalue weighted by Crippen LogP contribution is 2.84. The van der Waals surface area contributed by atoms with Crippen molar-refractivity contribution in [2.75, 3.05) is 19.0 Å². The molecule has 5 aliphatic carbocycles. The van der Waals surface area contributed by atoms with Gasteiger partial charge in [0.2, 0.25) is 0 Å². The molecule has 224 valence electrons. The second kappa shape index (κ2) is 8.66. The van der Waals surface area contributed by atoms with Gasteiger partial charge in [0.05, 0.1) is 30.2 Å². The largest absolute Gasteiger partial charge is 0.376 e. The standard InChI is InChI=1S/C36H57NO2S/c1-21(2)23(5)34-15-14-32(8)26-10-11-28-31(7)19-38-24(6)36(28,40-18-29(31)39-20-33(9,37)22(3)4)27(26)12-13-35(32)17-25(16-34)30(34)35/h12,17,21-24,26,28-30H,10-11,13-16,18-20,37H2,1-9H3/t23-,24?,26?,28?,29?,30-,31+,32?,33+,34+,35-,36?/m1/s1. The number of thioether (sulfide) groups is 1. The van der Waals surface area contributed by atoms with Crippen LogP contribution in [0, 0.1) is 57.2 Å². The highest BCUT2D eigenvalue weighted by molar-refractivity contribution is 8.01. The van der Waals surface area contributed by atoms with Gasteiger partial charge in [-0.15, -0.1) is 11.8 Å². The van der Waals surface area contributed by atoms with Crippen molar-refractivity contribution in [2.45, 2.75) is 123 Å². The summed E-state index contributed by atoms with van der Waals surface area (Å²) >= 11 is 2.21. The summed E-state index contributed by atoms with van der Waals surface area (Å²) in [6, 6.07) is 0. The molecule has 5 fully saturated rings. The summed E-state index contributed by atoms with van der Waals surface area (Å²) in [6.07, 6.45) is 14.2. The molecule has 7 rings (SSSR count). The van der Waals surface area contributed by atoms with E-state index < -0.39 is 0 Å². The van der Waals surface area contributed by atoms with Crippen molar-refractivity contribution in [1.29, 1.82) is 0 Å². The molecule has 7 aliphatic rings. The molecule has 2 aliphatic heterocycles. The first-order valence-electron chi connectivity index (χ1n) is 16.8. The molecule has 0 aromatic rings. The van der Waals surface area contributed by atoms with Gasteiger partial charge in [-0.2, -0.15) is 0 Å². The summed E-state index contributed by atoms with van der Waals surface area (Å²) in [7, 11) is 0. The molecule has 6 unspecified atom stereocenters. The topological polar surface area (TPSA) is 44.5 Å². The maximum absolute atomic E-state index is 6.81. The normalized spacial score (nSPS) is 52.5. The molecule has 0 radical (unpaired) electrons. The second-order valence-corrected chi connectivity index (χ2v) is 18.4. The van der Waals surface area contributed by atoms with E-state index in [1.165, 1.54) is 38.5 Å². The molecule has 4 heteroatoms. The third-order valence-electron chi connectivity index (χ3n) is 15.2. The van der Waals surface area contributed by atoms with Crippen molar-refractivity contribution in [3.05, 3.63) is 23.3 Å². The molecule has 0 amide bonds. The monoisotopic (exact) mass is 567 g/mol. The van der Waals surface area contributed by atoms with Crippen LogP contribution in [-0.2, 0) is 9.47 Å². The molecular formula is C36H57NO2S. The van der Waals surface area contributed by atoms with Crippen molar-refractivity contribution in [1.82, 2.24) is 0 Å². The van der Waals surface area contributed by atoms with E-state index in [1.54, 1.807) is 5.57 Å². The average molecular weight is 568 g/mol. The van der Waals surface area contributed by atoms with Gasteiger partial charge in [0.1, 0.15) is 0 Å². The number of ether oxygens (including phenoxy) is 2. The summed E-state index contributed by atoms with van der Waals surface area (Å²) in [5.74, 6) is 5.19. The SMILES string of the molecule is CC(C)[C@@H](C)[C@]12CCC3(C)C4CCC5C6(SCC(OC[C@](C)(N)C(C)C)[C@@]5(C)COC6C)C4=CC[C@]34C=C(C1)[C@H]24. The minimum Gasteiger partial charge on any atom is -0.376 e. The van der Waals surface area contributed by atoms with Crippen molar-refractivity contribution in [3.8, 4) is 0 Å². The fourth-order valence-electron chi connectivity index (χ4n) is 11.8. The quantitative estimate of drug-likeness (QED) is 0.330. The lowest BCUT2D eigenvalue weighted by molar-refractivity contribution is -0.212. The third-order valence-corrected chi connectivity index (χ3v) is 17.0. The Morgan fingerprint density at radius 1 is 1.15 bits per heavy atom. The Labute approximate surface area is 249 Å². The summed E-state index contributed by atoms with van der Waals surface area (Å²) in [5.41, 5.74) is 11.4. The van der Waals surface area contributed by atoms with Crippen LogP contribution in [-0.4, -0.2) is 41.5 Å². The van der Waals surface area contributed by atoms with E-state index in [0.717, 1.165) is 30.1 Å². The number of hydrogen-bond acceptors (Lipinski definition) is 4. The Morgan fingerprint density at radius 2 is 1.90 bits per heavy atom. The van der Waals surface area contributed by atoms with Crippen molar-refractivity contribution >= 4 is 11.8 Å². The van der Waals surface area contributed by atoms with Crippen LogP contribution < -0.4 is 5.73 Å². The van der Waals surface area contributed by atoms with Crippen LogP contribution in [0.5, 0.6) is 0 Å². The van der Waals surface area contributed by atoms with E-state index in [0.29, 0.717) is 40.6 Å². The lowest BCUT2D eigenvalue weighted by Crippen LogP contribution is -2.74. The zero-order chi connectivity index (χ0) is 28.7. The smallest absolute Gasteiger partial charge is 0.0745 e. The molecule has 40 heavy (non-hydrogen) atoms. The van der Waals surface area contributed by atoms with Crippen molar-refractivity contribution in [3.63, 3.8) is 0 Å². The van der Waals surface area contributed by atoms with Gasteiger partial charge in [0, 0.05) is 22.1 Å². The molecule has 12 atom stereocenters. The summed E-state index contributed by atoms with van der Waals surface area (Å²) in [4.78, 5) is 0. The van der Waals surface area contributed by atoms with Gasteiger partial charge in [-0.1, -0.05) is 71.8 Å². The Balaban J connectivity index is 1.23. The van der Waals surface area contributed by atoms with E-state index in [-0.39, 0.29) is 27.9 Å². The van der Waals surface area contributed by atoms with Gasteiger partial charge in [-0.3, -0.25) is 0 Å². The average Bonchev–Trinajstić information content (AvgIpc) is 2.87. The van der Waals surface area contributed by atoms with Crippen molar-refractivity contribution < 1.29 is 9.47 Å². The number of fused-ring (bicyclic) bond motifs is 2. The molecule has 2 saturated heterocycles. The van der Waals surface area contributed by atoms with E-state index >= 15 is 0 Å². The van der Waals surface area contributed by atoms with Crippen LogP contribution in [0.4, 0.5) is 0 Å². The Morgan fingerprint density at radius 3 is 2.58 bits per heavy atom. The molecule has 0 aromatic carbocycles. The van der Waals surface area contributed by atoms with Gasteiger partial charge >= 0.3 is 0 Å². The summed E-state index contributed by atoms with van der Waals surface area (Å²) < 4.78 is 13.7. The zero-order valence-electron chi connectivity index (χ0n) is 26.9.